The predicted octanol–water partition coefficient (Wildman–Crippen LogP) is 2.90. The van der Waals surface area contributed by atoms with Crippen molar-refractivity contribution in [3.8, 4) is 0 Å². The lowest BCUT2D eigenvalue weighted by atomic mass is 10.0. The number of hydrogen-bond donors (Lipinski definition) is 4. The molecule has 0 aliphatic carbocycles. The highest BCUT2D eigenvalue weighted by Gasteiger charge is 2.36. The first-order valence-corrected chi connectivity index (χ1v) is 9.98. The number of aliphatic hydroxyl groups excluding tert-OH is 3. The summed E-state index contributed by atoms with van der Waals surface area (Å²) in [6.07, 6.45) is 15.3. The van der Waals surface area contributed by atoms with E-state index in [0.29, 0.717) is 6.42 Å². The van der Waals surface area contributed by atoms with Gasteiger partial charge in [-0.15, -0.1) is 0 Å². The van der Waals surface area contributed by atoms with Crippen LogP contribution in [0.3, 0.4) is 0 Å². The van der Waals surface area contributed by atoms with Crippen LogP contribution in [0.1, 0.15) is 51.9 Å². The Balaban J connectivity index is 2.28. The molecule has 1 saturated heterocycles. The van der Waals surface area contributed by atoms with E-state index in [1.807, 2.05) is 12.2 Å². The number of carbonyl (C=O) groups is 1. The largest absolute Gasteiger partial charge is 0.481 e. The first kappa shape index (κ1) is 24.3. The third-order valence-electron chi connectivity index (χ3n) is 4.46. The summed E-state index contributed by atoms with van der Waals surface area (Å²) in [4.78, 5) is 10.6. The van der Waals surface area contributed by atoms with Crippen molar-refractivity contribution in [3.63, 3.8) is 0 Å². The van der Waals surface area contributed by atoms with Gasteiger partial charge in [0.1, 0.15) is 0 Å². The summed E-state index contributed by atoms with van der Waals surface area (Å²) >= 11 is 0. The van der Waals surface area contributed by atoms with E-state index in [0.717, 1.165) is 19.3 Å². The second-order valence-corrected chi connectivity index (χ2v) is 6.92. The van der Waals surface area contributed by atoms with Crippen LogP contribution in [0.2, 0.25) is 0 Å². The monoisotopic (exact) mass is 394 g/mol. The van der Waals surface area contributed by atoms with Crippen molar-refractivity contribution in [2.75, 3.05) is 0 Å². The van der Waals surface area contributed by atoms with E-state index < -0.39 is 36.5 Å². The summed E-state index contributed by atoms with van der Waals surface area (Å²) in [5.41, 5.74) is 0. The lowest BCUT2D eigenvalue weighted by Crippen LogP contribution is -2.25. The van der Waals surface area contributed by atoms with Gasteiger partial charge >= 0.3 is 5.97 Å². The third kappa shape index (κ3) is 10.6. The second kappa shape index (κ2) is 14.3. The number of carboxylic acid groups (broad SMARTS) is 1. The van der Waals surface area contributed by atoms with Gasteiger partial charge in [0, 0.05) is 12.8 Å². The van der Waals surface area contributed by atoms with Crippen LogP contribution >= 0.6 is 0 Å². The van der Waals surface area contributed by atoms with Gasteiger partial charge < -0.3 is 25.2 Å². The van der Waals surface area contributed by atoms with Crippen LogP contribution in [0.5, 0.6) is 0 Å². The van der Waals surface area contributed by atoms with Gasteiger partial charge in [0.25, 0.3) is 0 Å². The quantitative estimate of drug-likeness (QED) is 0.358. The highest BCUT2D eigenvalue weighted by atomic mass is 16.5. The summed E-state index contributed by atoms with van der Waals surface area (Å²) in [5.74, 6) is -0.945. The Morgan fingerprint density at radius 1 is 1.07 bits per heavy atom. The SMILES string of the molecule is CC/C=C\C/C=C\C/C=C\C[C@H](O)/C=C/[C@H](O)[C@H]1C[C@@H](O)[C@H](CCC(=O)O)O1. The zero-order chi connectivity index (χ0) is 20.8. The Labute approximate surface area is 167 Å². The molecule has 1 aliphatic heterocycles. The number of aliphatic hydroxyl groups is 3. The predicted molar refractivity (Wildman–Crippen MR) is 109 cm³/mol. The molecule has 0 spiro atoms. The van der Waals surface area contributed by atoms with Crippen LogP contribution in [-0.4, -0.2) is 56.9 Å². The third-order valence-corrected chi connectivity index (χ3v) is 4.46. The molecule has 1 heterocycles. The van der Waals surface area contributed by atoms with E-state index in [4.69, 9.17) is 9.84 Å². The minimum atomic E-state index is -0.956. The van der Waals surface area contributed by atoms with Gasteiger partial charge in [-0.2, -0.15) is 0 Å². The first-order chi connectivity index (χ1) is 13.4. The molecule has 1 rings (SSSR count). The van der Waals surface area contributed by atoms with E-state index in [-0.39, 0.29) is 19.3 Å². The highest BCUT2D eigenvalue weighted by Crippen LogP contribution is 2.26. The summed E-state index contributed by atoms with van der Waals surface area (Å²) in [6, 6.07) is 0. The number of hydrogen-bond acceptors (Lipinski definition) is 5. The van der Waals surface area contributed by atoms with Crippen molar-refractivity contribution in [1.82, 2.24) is 0 Å². The normalized spacial score (nSPS) is 25.5. The van der Waals surface area contributed by atoms with Gasteiger partial charge in [-0.25, -0.2) is 0 Å². The average Bonchev–Trinajstić information content (AvgIpc) is 3.04. The van der Waals surface area contributed by atoms with Gasteiger partial charge in [0.05, 0.1) is 30.5 Å². The maximum Gasteiger partial charge on any atom is 0.303 e. The lowest BCUT2D eigenvalue weighted by molar-refractivity contribution is -0.138. The topological polar surface area (TPSA) is 107 Å². The zero-order valence-corrected chi connectivity index (χ0v) is 16.6. The maximum atomic E-state index is 10.6. The Kier molecular flexibility index (Phi) is 12.4. The minimum Gasteiger partial charge on any atom is -0.481 e. The fourth-order valence-electron chi connectivity index (χ4n) is 2.90. The molecule has 0 bridgehead atoms. The molecule has 4 N–H and O–H groups in total. The van der Waals surface area contributed by atoms with E-state index >= 15 is 0 Å². The van der Waals surface area contributed by atoms with Crippen LogP contribution < -0.4 is 0 Å². The molecule has 6 heteroatoms. The second-order valence-electron chi connectivity index (χ2n) is 6.92. The minimum absolute atomic E-state index is 0.0872. The molecular weight excluding hydrogens is 360 g/mol. The molecule has 6 nitrogen and oxygen atoms in total. The molecule has 0 amide bonds. The molecule has 0 aromatic rings. The summed E-state index contributed by atoms with van der Waals surface area (Å²) in [7, 11) is 0. The van der Waals surface area contributed by atoms with Crippen LogP contribution in [0.25, 0.3) is 0 Å². The fraction of sp³-hybridized carbons (Fsp3) is 0.591. The van der Waals surface area contributed by atoms with E-state index in [9.17, 15) is 20.1 Å². The van der Waals surface area contributed by atoms with Crippen molar-refractivity contribution >= 4 is 5.97 Å². The smallest absolute Gasteiger partial charge is 0.303 e. The number of allylic oxidation sites excluding steroid dienone is 5. The number of rotatable bonds is 13. The van der Waals surface area contributed by atoms with E-state index in [1.165, 1.54) is 12.2 Å². The highest BCUT2D eigenvalue weighted by molar-refractivity contribution is 5.66. The molecule has 0 saturated carbocycles. The standard InChI is InChI=1S/C22H34O6/c1-2-3-4-5-6-7-8-9-10-11-17(23)12-13-18(24)21-16-19(25)20(28-21)14-15-22(26)27/h3-4,6-7,9-10,12-13,17-21,23-25H,2,5,8,11,14-16H2,1H3,(H,26,27)/b4-3-,7-6-,10-9-,13-12+/t17-,18-,19+,20-,21+/m0/s1. The van der Waals surface area contributed by atoms with E-state index in [2.05, 4.69) is 31.2 Å². The number of aliphatic carboxylic acids is 1. The fourth-order valence-corrected chi connectivity index (χ4v) is 2.90. The van der Waals surface area contributed by atoms with Crippen molar-refractivity contribution in [2.45, 2.75) is 82.4 Å². The molecular formula is C22H34O6. The van der Waals surface area contributed by atoms with Gasteiger partial charge in [-0.05, 0) is 32.1 Å². The summed E-state index contributed by atoms with van der Waals surface area (Å²) in [5, 5.41) is 38.7. The molecule has 5 atom stereocenters. The Morgan fingerprint density at radius 2 is 1.71 bits per heavy atom. The van der Waals surface area contributed by atoms with Crippen LogP contribution in [0.4, 0.5) is 0 Å². The van der Waals surface area contributed by atoms with Gasteiger partial charge in [0.15, 0.2) is 0 Å². The molecule has 158 valence electrons. The molecule has 28 heavy (non-hydrogen) atoms. The average molecular weight is 395 g/mol. The summed E-state index contributed by atoms with van der Waals surface area (Å²) in [6.45, 7) is 2.10. The molecule has 1 aliphatic rings. The van der Waals surface area contributed by atoms with Gasteiger partial charge in [-0.1, -0.05) is 55.5 Å². The Hall–Kier alpha value is -1.73. The Bertz CT molecular complexity index is 551. The molecule has 1 fully saturated rings. The van der Waals surface area contributed by atoms with Gasteiger partial charge in [-0.3, -0.25) is 4.79 Å². The molecule has 0 radical (unpaired) electrons. The van der Waals surface area contributed by atoms with Crippen LogP contribution in [0, 0.1) is 0 Å². The zero-order valence-electron chi connectivity index (χ0n) is 16.6. The Morgan fingerprint density at radius 3 is 2.36 bits per heavy atom. The number of carboxylic acids is 1. The van der Waals surface area contributed by atoms with E-state index in [1.54, 1.807) is 0 Å². The van der Waals surface area contributed by atoms with Crippen molar-refractivity contribution in [3.05, 3.63) is 48.6 Å². The number of ether oxygens (including phenoxy) is 1. The lowest BCUT2D eigenvalue weighted by Gasteiger charge is -2.16. The van der Waals surface area contributed by atoms with Crippen molar-refractivity contribution in [1.29, 1.82) is 0 Å². The molecule has 0 aromatic carbocycles. The summed E-state index contributed by atoms with van der Waals surface area (Å²) < 4.78 is 5.56. The van der Waals surface area contributed by atoms with Crippen LogP contribution in [-0.2, 0) is 9.53 Å². The maximum absolute atomic E-state index is 10.6. The molecule has 0 aromatic heterocycles. The van der Waals surface area contributed by atoms with Gasteiger partial charge in [0.2, 0.25) is 0 Å². The molecule has 0 unspecified atom stereocenters. The van der Waals surface area contributed by atoms with Crippen molar-refractivity contribution in [2.24, 2.45) is 0 Å². The van der Waals surface area contributed by atoms with Crippen LogP contribution in [0.15, 0.2) is 48.6 Å². The van der Waals surface area contributed by atoms with Crippen molar-refractivity contribution < 1.29 is 30.0 Å². The first-order valence-electron chi connectivity index (χ1n) is 9.98.